The zero-order chi connectivity index (χ0) is 20.6. The molecule has 0 saturated heterocycles. The van der Waals surface area contributed by atoms with E-state index in [9.17, 15) is 9.59 Å². The second kappa shape index (κ2) is 9.59. The van der Waals surface area contributed by atoms with Gasteiger partial charge in [-0.05, 0) is 49.2 Å². The minimum absolute atomic E-state index is 0.00585. The van der Waals surface area contributed by atoms with Crippen LogP contribution in [-0.4, -0.2) is 32.7 Å². The summed E-state index contributed by atoms with van der Waals surface area (Å²) in [5, 5.41) is 2.82. The molecule has 0 atom stereocenters. The second-order valence-electron chi connectivity index (χ2n) is 6.96. The van der Waals surface area contributed by atoms with E-state index in [4.69, 9.17) is 0 Å². The number of rotatable bonds is 7. The molecule has 1 N–H and O–H groups in total. The van der Waals surface area contributed by atoms with Crippen LogP contribution >= 0.6 is 0 Å². The SMILES string of the molecule is CC(C)N(Cc1ccccc1)C(=O)c1cccc(C(=O)NCc2ccncc2)n1. The highest BCUT2D eigenvalue weighted by molar-refractivity contribution is 5.96. The number of carbonyl (C=O) groups is 2. The first-order chi connectivity index (χ1) is 14.0. The average molecular weight is 388 g/mol. The zero-order valence-electron chi connectivity index (χ0n) is 16.6. The van der Waals surface area contributed by atoms with E-state index in [1.165, 1.54) is 0 Å². The number of benzene rings is 1. The van der Waals surface area contributed by atoms with Crippen LogP contribution in [0.4, 0.5) is 0 Å². The topological polar surface area (TPSA) is 75.2 Å². The summed E-state index contributed by atoms with van der Waals surface area (Å²) in [6.07, 6.45) is 3.35. The molecule has 1 aromatic carbocycles. The Labute approximate surface area is 170 Å². The highest BCUT2D eigenvalue weighted by atomic mass is 16.2. The first kappa shape index (κ1) is 20.2. The van der Waals surface area contributed by atoms with E-state index < -0.39 is 0 Å². The van der Waals surface area contributed by atoms with Gasteiger partial charge in [0.2, 0.25) is 0 Å². The number of hydrogen-bond acceptors (Lipinski definition) is 4. The summed E-state index contributed by atoms with van der Waals surface area (Å²) in [7, 11) is 0. The van der Waals surface area contributed by atoms with Gasteiger partial charge in [0.15, 0.2) is 0 Å². The molecule has 2 heterocycles. The summed E-state index contributed by atoms with van der Waals surface area (Å²) in [6.45, 7) is 4.78. The smallest absolute Gasteiger partial charge is 0.273 e. The molecule has 29 heavy (non-hydrogen) atoms. The van der Waals surface area contributed by atoms with E-state index in [2.05, 4.69) is 15.3 Å². The standard InChI is InChI=1S/C23H24N4O2/c1-17(2)27(16-19-7-4-3-5-8-19)23(29)21-10-6-9-20(26-21)22(28)25-15-18-11-13-24-14-12-18/h3-14,17H,15-16H2,1-2H3,(H,25,28). The number of carbonyl (C=O) groups excluding carboxylic acids is 2. The van der Waals surface area contributed by atoms with Gasteiger partial charge in [-0.1, -0.05) is 36.4 Å². The first-order valence-corrected chi connectivity index (χ1v) is 9.53. The van der Waals surface area contributed by atoms with Crippen molar-refractivity contribution in [1.82, 2.24) is 20.2 Å². The van der Waals surface area contributed by atoms with Crippen LogP contribution in [0, 0.1) is 0 Å². The number of nitrogens with one attached hydrogen (secondary N) is 1. The molecule has 0 aliphatic heterocycles. The Kier molecular flexibility index (Phi) is 6.68. The maximum absolute atomic E-state index is 13.1. The van der Waals surface area contributed by atoms with Gasteiger partial charge in [0.25, 0.3) is 11.8 Å². The van der Waals surface area contributed by atoms with Crippen LogP contribution in [0.3, 0.4) is 0 Å². The van der Waals surface area contributed by atoms with Crippen molar-refractivity contribution >= 4 is 11.8 Å². The Morgan fingerprint density at radius 3 is 2.28 bits per heavy atom. The predicted molar refractivity (Wildman–Crippen MR) is 111 cm³/mol. The highest BCUT2D eigenvalue weighted by Gasteiger charge is 2.21. The summed E-state index contributed by atoms with van der Waals surface area (Å²) < 4.78 is 0. The summed E-state index contributed by atoms with van der Waals surface area (Å²) in [6, 6.07) is 18.4. The molecular formula is C23H24N4O2. The molecular weight excluding hydrogens is 364 g/mol. The third-order valence-electron chi connectivity index (χ3n) is 4.48. The number of hydrogen-bond donors (Lipinski definition) is 1. The van der Waals surface area contributed by atoms with Gasteiger partial charge in [0, 0.05) is 31.5 Å². The predicted octanol–water partition coefficient (Wildman–Crippen LogP) is 3.46. The van der Waals surface area contributed by atoms with Gasteiger partial charge < -0.3 is 10.2 Å². The molecule has 3 aromatic rings. The number of pyridine rings is 2. The first-order valence-electron chi connectivity index (χ1n) is 9.53. The largest absolute Gasteiger partial charge is 0.347 e. The molecule has 0 bridgehead atoms. The summed E-state index contributed by atoms with van der Waals surface area (Å²) in [5.41, 5.74) is 2.45. The maximum Gasteiger partial charge on any atom is 0.273 e. The van der Waals surface area contributed by atoms with Crippen molar-refractivity contribution in [3.05, 3.63) is 95.6 Å². The van der Waals surface area contributed by atoms with Gasteiger partial charge in [0.05, 0.1) is 0 Å². The quantitative estimate of drug-likeness (QED) is 0.673. The molecule has 148 valence electrons. The lowest BCUT2D eigenvalue weighted by atomic mass is 10.1. The fourth-order valence-electron chi connectivity index (χ4n) is 2.87. The van der Waals surface area contributed by atoms with Crippen molar-refractivity contribution in [1.29, 1.82) is 0 Å². The molecule has 0 spiro atoms. The lowest BCUT2D eigenvalue weighted by molar-refractivity contribution is 0.0684. The molecule has 3 rings (SSSR count). The molecule has 0 saturated carbocycles. The van der Waals surface area contributed by atoms with E-state index >= 15 is 0 Å². The van der Waals surface area contributed by atoms with Crippen LogP contribution in [0.2, 0.25) is 0 Å². The van der Waals surface area contributed by atoms with Crippen molar-refractivity contribution in [2.75, 3.05) is 0 Å². The molecule has 0 aliphatic rings. The molecule has 6 nitrogen and oxygen atoms in total. The number of amides is 2. The summed E-state index contributed by atoms with van der Waals surface area (Å²) in [4.78, 5) is 35.6. The number of aromatic nitrogens is 2. The third kappa shape index (κ3) is 5.48. The van der Waals surface area contributed by atoms with Crippen molar-refractivity contribution in [3.8, 4) is 0 Å². The lowest BCUT2D eigenvalue weighted by Gasteiger charge is -2.26. The van der Waals surface area contributed by atoms with Crippen molar-refractivity contribution < 1.29 is 9.59 Å². The molecule has 0 unspecified atom stereocenters. The Balaban J connectivity index is 1.72. The third-order valence-corrected chi connectivity index (χ3v) is 4.48. The normalized spacial score (nSPS) is 10.6. The van der Waals surface area contributed by atoms with Gasteiger partial charge >= 0.3 is 0 Å². The Morgan fingerprint density at radius 2 is 1.59 bits per heavy atom. The minimum atomic E-state index is -0.324. The van der Waals surface area contributed by atoms with Crippen LogP contribution in [0.25, 0.3) is 0 Å². The monoisotopic (exact) mass is 388 g/mol. The van der Waals surface area contributed by atoms with E-state index in [-0.39, 0.29) is 29.2 Å². The zero-order valence-corrected chi connectivity index (χ0v) is 16.6. The maximum atomic E-state index is 13.1. The van der Waals surface area contributed by atoms with Crippen molar-refractivity contribution in [3.63, 3.8) is 0 Å². The van der Waals surface area contributed by atoms with Crippen molar-refractivity contribution in [2.45, 2.75) is 33.0 Å². The van der Waals surface area contributed by atoms with Crippen LogP contribution in [-0.2, 0) is 13.1 Å². The van der Waals surface area contributed by atoms with Crippen molar-refractivity contribution in [2.24, 2.45) is 0 Å². The van der Waals surface area contributed by atoms with Gasteiger partial charge in [0.1, 0.15) is 11.4 Å². The van der Waals surface area contributed by atoms with E-state index in [0.29, 0.717) is 13.1 Å². The van der Waals surface area contributed by atoms with Crippen LogP contribution < -0.4 is 5.32 Å². The average Bonchev–Trinajstić information content (AvgIpc) is 2.76. The van der Waals surface area contributed by atoms with Crippen LogP contribution in [0.5, 0.6) is 0 Å². The summed E-state index contributed by atoms with van der Waals surface area (Å²) >= 11 is 0. The molecule has 2 amide bonds. The fraction of sp³-hybridized carbons (Fsp3) is 0.217. The Morgan fingerprint density at radius 1 is 0.897 bits per heavy atom. The minimum Gasteiger partial charge on any atom is -0.347 e. The van der Waals surface area contributed by atoms with E-state index in [1.54, 1.807) is 35.5 Å². The fourth-order valence-corrected chi connectivity index (χ4v) is 2.87. The van der Waals surface area contributed by atoms with Gasteiger partial charge in [-0.15, -0.1) is 0 Å². The van der Waals surface area contributed by atoms with E-state index in [1.807, 2.05) is 56.3 Å². The second-order valence-corrected chi connectivity index (χ2v) is 6.96. The highest BCUT2D eigenvalue weighted by Crippen LogP contribution is 2.13. The van der Waals surface area contributed by atoms with Crippen LogP contribution in [0.1, 0.15) is 46.0 Å². The molecule has 6 heteroatoms. The van der Waals surface area contributed by atoms with Gasteiger partial charge in [-0.2, -0.15) is 0 Å². The number of nitrogens with zero attached hydrogens (tertiary/aromatic N) is 3. The Hall–Kier alpha value is -3.54. The Bertz CT molecular complexity index is 959. The lowest BCUT2D eigenvalue weighted by Crippen LogP contribution is -2.37. The summed E-state index contributed by atoms with van der Waals surface area (Å²) in [5.74, 6) is -0.525. The van der Waals surface area contributed by atoms with Crippen LogP contribution in [0.15, 0.2) is 73.1 Å². The molecule has 0 fully saturated rings. The van der Waals surface area contributed by atoms with E-state index in [0.717, 1.165) is 11.1 Å². The molecule has 2 aromatic heterocycles. The molecule has 0 aliphatic carbocycles. The van der Waals surface area contributed by atoms with Gasteiger partial charge in [-0.25, -0.2) is 4.98 Å². The van der Waals surface area contributed by atoms with Gasteiger partial charge in [-0.3, -0.25) is 14.6 Å². The molecule has 0 radical (unpaired) electrons.